The van der Waals surface area contributed by atoms with Crippen LogP contribution in [0.5, 0.6) is 5.75 Å². The van der Waals surface area contributed by atoms with E-state index >= 15 is 0 Å². The predicted molar refractivity (Wildman–Crippen MR) is 93.1 cm³/mol. The SMILES string of the molecule is COc1ccccc1C1CNCCN1Cc1nc(C)cs1.Cl. The molecule has 2 heterocycles. The molecule has 4 nitrogen and oxygen atoms in total. The van der Waals surface area contributed by atoms with Crippen molar-refractivity contribution < 1.29 is 4.74 Å². The van der Waals surface area contributed by atoms with E-state index in [2.05, 4.69) is 39.6 Å². The number of para-hydroxylation sites is 1. The molecular formula is C16H22ClN3OS. The normalized spacial score (nSPS) is 18.7. The number of nitrogens with one attached hydrogen (secondary N) is 1. The Bertz CT molecular complexity index is 605. The number of piperazine rings is 1. The fraction of sp³-hybridized carbons (Fsp3) is 0.438. The minimum atomic E-state index is 0. The van der Waals surface area contributed by atoms with Crippen LogP contribution >= 0.6 is 23.7 Å². The summed E-state index contributed by atoms with van der Waals surface area (Å²) in [5.74, 6) is 0.964. The summed E-state index contributed by atoms with van der Waals surface area (Å²) < 4.78 is 5.53. The molecule has 120 valence electrons. The molecule has 3 rings (SSSR count). The van der Waals surface area contributed by atoms with E-state index in [1.165, 1.54) is 10.6 Å². The molecule has 0 spiro atoms. The van der Waals surface area contributed by atoms with Gasteiger partial charge in [-0.3, -0.25) is 4.90 Å². The van der Waals surface area contributed by atoms with Crippen molar-refractivity contribution in [2.45, 2.75) is 19.5 Å². The molecule has 2 aromatic rings. The first kappa shape index (κ1) is 17.2. The zero-order chi connectivity index (χ0) is 14.7. The molecular weight excluding hydrogens is 318 g/mol. The van der Waals surface area contributed by atoms with Crippen molar-refractivity contribution in [3.8, 4) is 5.75 Å². The zero-order valence-corrected chi connectivity index (χ0v) is 14.5. The van der Waals surface area contributed by atoms with E-state index in [0.29, 0.717) is 6.04 Å². The number of hydrogen-bond donors (Lipinski definition) is 1. The lowest BCUT2D eigenvalue weighted by molar-refractivity contribution is 0.151. The average molecular weight is 340 g/mol. The zero-order valence-electron chi connectivity index (χ0n) is 12.9. The molecule has 0 amide bonds. The first-order valence-electron chi connectivity index (χ1n) is 7.26. The lowest BCUT2D eigenvalue weighted by Gasteiger charge is -2.36. The fourth-order valence-electron chi connectivity index (χ4n) is 2.83. The van der Waals surface area contributed by atoms with Gasteiger partial charge in [-0.05, 0) is 13.0 Å². The topological polar surface area (TPSA) is 37.4 Å². The van der Waals surface area contributed by atoms with E-state index in [1.807, 2.05) is 12.1 Å². The highest BCUT2D eigenvalue weighted by Crippen LogP contribution is 2.31. The van der Waals surface area contributed by atoms with Crippen molar-refractivity contribution in [3.63, 3.8) is 0 Å². The average Bonchev–Trinajstić information content (AvgIpc) is 2.93. The molecule has 1 atom stereocenters. The van der Waals surface area contributed by atoms with Crippen LogP contribution in [-0.4, -0.2) is 36.6 Å². The maximum absolute atomic E-state index is 5.53. The Morgan fingerprint density at radius 1 is 1.41 bits per heavy atom. The number of aromatic nitrogens is 1. The first-order valence-corrected chi connectivity index (χ1v) is 8.14. The Balaban J connectivity index is 0.00000176. The third-order valence-corrected chi connectivity index (χ3v) is 4.81. The summed E-state index contributed by atoms with van der Waals surface area (Å²) in [5.41, 5.74) is 2.36. The molecule has 1 saturated heterocycles. The number of rotatable bonds is 4. The lowest BCUT2D eigenvalue weighted by Crippen LogP contribution is -2.45. The molecule has 22 heavy (non-hydrogen) atoms. The van der Waals surface area contributed by atoms with E-state index in [0.717, 1.165) is 37.6 Å². The highest BCUT2D eigenvalue weighted by Gasteiger charge is 2.26. The van der Waals surface area contributed by atoms with Crippen molar-refractivity contribution in [3.05, 3.63) is 45.9 Å². The molecule has 1 aromatic heterocycles. The van der Waals surface area contributed by atoms with Gasteiger partial charge in [0.2, 0.25) is 0 Å². The second kappa shape index (κ2) is 7.92. The van der Waals surface area contributed by atoms with Gasteiger partial charge in [0.05, 0.1) is 19.7 Å². The monoisotopic (exact) mass is 339 g/mol. The van der Waals surface area contributed by atoms with Crippen LogP contribution in [0.4, 0.5) is 0 Å². The smallest absolute Gasteiger partial charge is 0.123 e. The van der Waals surface area contributed by atoms with Gasteiger partial charge >= 0.3 is 0 Å². The van der Waals surface area contributed by atoms with Crippen LogP contribution in [0.15, 0.2) is 29.6 Å². The van der Waals surface area contributed by atoms with Crippen LogP contribution in [0.1, 0.15) is 22.3 Å². The van der Waals surface area contributed by atoms with Crippen LogP contribution < -0.4 is 10.1 Å². The minimum absolute atomic E-state index is 0. The van der Waals surface area contributed by atoms with Gasteiger partial charge in [-0.15, -0.1) is 23.7 Å². The molecule has 1 N–H and O–H groups in total. The molecule has 0 radical (unpaired) electrons. The summed E-state index contributed by atoms with van der Waals surface area (Å²) in [5, 5.41) is 6.80. The summed E-state index contributed by atoms with van der Waals surface area (Å²) in [4.78, 5) is 7.09. The van der Waals surface area contributed by atoms with Crippen LogP contribution in [0, 0.1) is 6.92 Å². The molecule has 0 saturated carbocycles. The van der Waals surface area contributed by atoms with Gasteiger partial charge in [0.1, 0.15) is 10.8 Å². The number of methoxy groups -OCH3 is 1. The molecule has 6 heteroatoms. The number of nitrogens with zero attached hydrogens (tertiary/aromatic N) is 2. The molecule has 1 aliphatic heterocycles. The summed E-state index contributed by atoms with van der Waals surface area (Å²) >= 11 is 1.75. The van der Waals surface area contributed by atoms with E-state index in [-0.39, 0.29) is 12.4 Å². The van der Waals surface area contributed by atoms with Gasteiger partial charge in [0, 0.05) is 36.3 Å². The molecule has 0 aliphatic carbocycles. The summed E-state index contributed by atoms with van der Waals surface area (Å²) in [6, 6.07) is 8.64. The molecule has 1 unspecified atom stereocenters. The Labute approximate surface area is 141 Å². The first-order chi connectivity index (χ1) is 10.3. The second-order valence-electron chi connectivity index (χ2n) is 5.31. The highest BCUT2D eigenvalue weighted by molar-refractivity contribution is 7.09. The second-order valence-corrected chi connectivity index (χ2v) is 6.26. The molecule has 1 aliphatic rings. The van der Waals surface area contributed by atoms with Crippen molar-refractivity contribution in [1.29, 1.82) is 0 Å². The van der Waals surface area contributed by atoms with Gasteiger partial charge in [-0.1, -0.05) is 18.2 Å². The van der Waals surface area contributed by atoms with Gasteiger partial charge in [0.15, 0.2) is 0 Å². The molecule has 1 fully saturated rings. The van der Waals surface area contributed by atoms with Gasteiger partial charge < -0.3 is 10.1 Å². The van der Waals surface area contributed by atoms with Crippen molar-refractivity contribution in [1.82, 2.24) is 15.2 Å². The standard InChI is InChI=1S/C16H21N3OS.ClH/c1-12-11-21-16(18-12)10-19-8-7-17-9-14(19)13-5-3-4-6-15(13)20-2;/h3-6,11,14,17H,7-10H2,1-2H3;1H. The van der Waals surface area contributed by atoms with Crippen molar-refractivity contribution in [2.24, 2.45) is 0 Å². The highest BCUT2D eigenvalue weighted by atomic mass is 35.5. The van der Waals surface area contributed by atoms with Gasteiger partial charge in [0.25, 0.3) is 0 Å². The minimum Gasteiger partial charge on any atom is -0.496 e. The van der Waals surface area contributed by atoms with E-state index in [1.54, 1.807) is 18.4 Å². The quantitative estimate of drug-likeness (QED) is 0.929. The summed E-state index contributed by atoms with van der Waals surface area (Å²) in [6.07, 6.45) is 0. The van der Waals surface area contributed by atoms with Crippen LogP contribution in [0.25, 0.3) is 0 Å². The lowest BCUT2D eigenvalue weighted by atomic mass is 10.0. The number of thiazole rings is 1. The maximum Gasteiger partial charge on any atom is 0.123 e. The summed E-state index contributed by atoms with van der Waals surface area (Å²) in [7, 11) is 1.74. The maximum atomic E-state index is 5.53. The number of ether oxygens (including phenoxy) is 1. The Morgan fingerprint density at radius 2 is 2.23 bits per heavy atom. The Kier molecular flexibility index (Phi) is 6.20. The number of halogens is 1. The molecule has 1 aromatic carbocycles. The Morgan fingerprint density at radius 3 is 2.95 bits per heavy atom. The van der Waals surface area contributed by atoms with Gasteiger partial charge in [-0.2, -0.15) is 0 Å². The van der Waals surface area contributed by atoms with E-state index < -0.39 is 0 Å². The van der Waals surface area contributed by atoms with E-state index in [9.17, 15) is 0 Å². The van der Waals surface area contributed by atoms with Crippen molar-refractivity contribution >= 4 is 23.7 Å². The van der Waals surface area contributed by atoms with Crippen LogP contribution in [0.2, 0.25) is 0 Å². The third kappa shape index (κ3) is 3.79. The Hall–Kier alpha value is -1.14. The van der Waals surface area contributed by atoms with Gasteiger partial charge in [-0.25, -0.2) is 4.98 Å². The fourth-order valence-corrected chi connectivity index (χ4v) is 3.63. The number of aryl methyl sites for hydroxylation is 1. The third-order valence-electron chi connectivity index (χ3n) is 3.86. The number of benzene rings is 1. The van der Waals surface area contributed by atoms with E-state index in [4.69, 9.17) is 4.74 Å². The summed E-state index contributed by atoms with van der Waals surface area (Å²) in [6.45, 7) is 5.96. The number of hydrogen-bond acceptors (Lipinski definition) is 5. The van der Waals surface area contributed by atoms with Crippen LogP contribution in [-0.2, 0) is 6.54 Å². The molecule has 0 bridgehead atoms. The van der Waals surface area contributed by atoms with Crippen LogP contribution in [0.3, 0.4) is 0 Å². The largest absolute Gasteiger partial charge is 0.496 e. The predicted octanol–water partition coefficient (Wildman–Crippen LogP) is 3.03. The van der Waals surface area contributed by atoms with Crippen molar-refractivity contribution in [2.75, 3.05) is 26.7 Å².